The molecule has 4 rings (SSSR count). The lowest BCUT2D eigenvalue weighted by Crippen LogP contribution is -2.41. The van der Waals surface area contributed by atoms with Crippen LogP contribution < -0.4 is 10.8 Å². The van der Waals surface area contributed by atoms with Crippen LogP contribution in [0.25, 0.3) is 10.9 Å². The molecule has 0 saturated carbocycles. The van der Waals surface area contributed by atoms with E-state index in [-0.39, 0.29) is 17.1 Å². The van der Waals surface area contributed by atoms with Gasteiger partial charge < -0.3 is 19.2 Å². The van der Waals surface area contributed by atoms with Gasteiger partial charge in [-0.2, -0.15) is 0 Å². The van der Waals surface area contributed by atoms with Crippen LogP contribution in [-0.2, 0) is 16.4 Å². The lowest BCUT2D eigenvalue weighted by Gasteiger charge is -2.32. The highest BCUT2D eigenvalue weighted by molar-refractivity contribution is 6.62. The quantitative estimate of drug-likeness (QED) is 0.709. The van der Waals surface area contributed by atoms with Gasteiger partial charge in [0.1, 0.15) is 5.69 Å². The van der Waals surface area contributed by atoms with E-state index in [1.165, 1.54) is 0 Å². The molecule has 1 saturated heterocycles. The smallest absolute Gasteiger partial charge is 0.399 e. The maximum Gasteiger partial charge on any atom is 0.494 e. The molecule has 0 bridgehead atoms. The van der Waals surface area contributed by atoms with Gasteiger partial charge in [0, 0.05) is 23.6 Å². The molecule has 0 spiro atoms. The lowest BCUT2D eigenvalue weighted by molar-refractivity contribution is 0.00578. The summed E-state index contributed by atoms with van der Waals surface area (Å²) in [5, 5.41) is 4.02. The minimum absolute atomic E-state index is 0.137. The molecule has 0 aliphatic carbocycles. The van der Waals surface area contributed by atoms with Crippen molar-refractivity contribution < 1.29 is 14.1 Å². The van der Waals surface area contributed by atoms with Gasteiger partial charge in [0.25, 0.3) is 5.91 Å². The zero-order valence-corrected chi connectivity index (χ0v) is 16.9. The molecule has 0 radical (unpaired) electrons. The standard InChI is InChI=1S/C22H25BN2O3/c1-21(2)22(3,4)28-23(27-21)16-10-12-17(13-11-16)24-20(26)19-14-15-8-6-7-9-18(15)25(19)5/h6-14H,1-5H3,(H,24,26). The number of carbonyl (C=O) groups excluding carboxylic acids is 1. The predicted molar refractivity (Wildman–Crippen MR) is 113 cm³/mol. The SMILES string of the molecule is Cn1c(C(=O)Nc2ccc(B3OC(C)(C)C(C)(C)O3)cc2)cc2ccccc21. The molecule has 1 N–H and O–H groups in total. The summed E-state index contributed by atoms with van der Waals surface area (Å²) in [6.07, 6.45) is 0. The van der Waals surface area contributed by atoms with Crippen molar-refractivity contribution in [1.29, 1.82) is 0 Å². The number of hydrogen-bond donors (Lipinski definition) is 1. The zero-order chi connectivity index (χ0) is 20.1. The van der Waals surface area contributed by atoms with Crippen LogP contribution in [0.1, 0.15) is 38.2 Å². The highest BCUT2D eigenvalue weighted by Gasteiger charge is 2.51. The third kappa shape index (κ3) is 3.13. The second-order valence-corrected chi connectivity index (χ2v) is 8.31. The molecule has 6 heteroatoms. The molecule has 2 aromatic carbocycles. The van der Waals surface area contributed by atoms with E-state index in [0.29, 0.717) is 5.69 Å². The number of aromatic nitrogens is 1. The lowest BCUT2D eigenvalue weighted by atomic mass is 9.79. The Morgan fingerprint density at radius 2 is 1.57 bits per heavy atom. The summed E-state index contributed by atoms with van der Waals surface area (Å²) in [6, 6.07) is 17.5. The average molecular weight is 376 g/mol. The van der Waals surface area contributed by atoms with Gasteiger partial charge in [0.2, 0.25) is 0 Å². The molecule has 1 amide bonds. The van der Waals surface area contributed by atoms with E-state index < -0.39 is 7.12 Å². The fourth-order valence-corrected chi connectivity index (χ4v) is 3.40. The molecule has 5 nitrogen and oxygen atoms in total. The van der Waals surface area contributed by atoms with E-state index in [0.717, 1.165) is 22.1 Å². The second kappa shape index (κ2) is 6.50. The molecule has 28 heavy (non-hydrogen) atoms. The highest BCUT2D eigenvalue weighted by Crippen LogP contribution is 2.36. The summed E-state index contributed by atoms with van der Waals surface area (Å²) in [6.45, 7) is 8.13. The van der Waals surface area contributed by atoms with Crippen LogP contribution in [0.5, 0.6) is 0 Å². The third-order valence-corrected chi connectivity index (χ3v) is 5.88. The fourth-order valence-electron chi connectivity index (χ4n) is 3.40. The number of fused-ring (bicyclic) bond motifs is 1. The second-order valence-electron chi connectivity index (χ2n) is 8.31. The minimum atomic E-state index is -0.409. The van der Waals surface area contributed by atoms with Gasteiger partial charge in [-0.15, -0.1) is 0 Å². The van der Waals surface area contributed by atoms with Crippen molar-refractivity contribution in [2.24, 2.45) is 7.05 Å². The Balaban J connectivity index is 1.50. The van der Waals surface area contributed by atoms with Crippen LogP contribution in [0, 0.1) is 0 Å². The topological polar surface area (TPSA) is 52.5 Å². The summed E-state index contributed by atoms with van der Waals surface area (Å²) < 4.78 is 14.1. The Bertz CT molecular complexity index is 1020. The number of rotatable bonds is 3. The molecule has 3 aromatic rings. The van der Waals surface area contributed by atoms with Gasteiger partial charge in [-0.05, 0) is 57.4 Å². The van der Waals surface area contributed by atoms with Gasteiger partial charge in [-0.3, -0.25) is 4.79 Å². The third-order valence-electron chi connectivity index (χ3n) is 5.88. The van der Waals surface area contributed by atoms with Crippen LogP contribution >= 0.6 is 0 Å². The van der Waals surface area contributed by atoms with Crippen LogP contribution in [0.2, 0.25) is 0 Å². The number of amides is 1. The van der Waals surface area contributed by atoms with E-state index in [1.807, 2.05) is 93.9 Å². The molecule has 1 aromatic heterocycles. The molecular weight excluding hydrogens is 351 g/mol. The first-order chi connectivity index (χ1) is 13.2. The van der Waals surface area contributed by atoms with Crippen molar-refractivity contribution in [2.45, 2.75) is 38.9 Å². The first-order valence-corrected chi connectivity index (χ1v) is 9.49. The Kier molecular flexibility index (Phi) is 4.36. The van der Waals surface area contributed by atoms with Gasteiger partial charge >= 0.3 is 7.12 Å². The van der Waals surface area contributed by atoms with Crippen molar-refractivity contribution in [3.05, 3.63) is 60.3 Å². The normalized spacial score (nSPS) is 17.8. The maximum absolute atomic E-state index is 12.7. The van der Waals surface area contributed by atoms with Crippen LogP contribution in [0.3, 0.4) is 0 Å². The van der Waals surface area contributed by atoms with Crippen LogP contribution in [0.4, 0.5) is 5.69 Å². The molecule has 1 fully saturated rings. The van der Waals surface area contributed by atoms with E-state index in [1.54, 1.807) is 0 Å². The minimum Gasteiger partial charge on any atom is -0.399 e. The summed E-state index contributed by atoms with van der Waals surface area (Å²) >= 11 is 0. The van der Waals surface area contributed by atoms with E-state index in [9.17, 15) is 4.79 Å². The molecule has 2 heterocycles. The van der Waals surface area contributed by atoms with Crippen molar-refractivity contribution in [3.63, 3.8) is 0 Å². The monoisotopic (exact) mass is 376 g/mol. The number of nitrogens with zero attached hydrogens (tertiary/aromatic N) is 1. The summed E-state index contributed by atoms with van der Waals surface area (Å²) in [5.41, 5.74) is 2.56. The summed E-state index contributed by atoms with van der Waals surface area (Å²) in [5.74, 6) is -0.137. The largest absolute Gasteiger partial charge is 0.494 e. The van der Waals surface area contributed by atoms with Crippen molar-refractivity contribution >= 4 is 35.1 Å². The number of benzene rings is 2. The predicted octanol–water partition coefficient (Wildman–Crippen LogP) is 3.73. The Hall–Kier alpha value is -2.57. The van der Waals surface area contributed by atoms with E-state index >= 15 is 0 Å². The Morgan fingerprint density at radius 1 is 0.964 bits per heavy atom. The maximum atomic E-state index is 12.7. The average Bonchev–Trinajstić information content (AvgIpc) is 3.09. The van der Waals surface area contributed by atoms with Crippen molar-refractivity contribution in [2.75, 3.05) is 5.32 Å². The molecule has 1 aliphatic rings. The molecule has 0 atom stereocenters. The van der Waals surface area contributed by atoms with Gasteiger partial charge in [0.15, 0.2) is 0 Å². The Morgan fingerprint density at radius 3 is 2.18 bits per heavy atom. The molecule has 1 aliphatic heterocycles. The number of carbonyl (C=O) groups is 1. The first-order valence-electron chi connectivity index (χ1n) is 9.49. The number of anilines is 1. The number of para-hydroxylation sites is 1. The summed E-state index contributed by atoms with van der Waals surface area (Å²) in [4.78, 5) is 12.7. The van der Waals surface area contributed by atoms with Gasteiger partial charge in [-0.25, -0.2) is 0 Å². The van der Waals surface area contributed by atoms with Crippen molar-refractivity contribution in [1.82, 2.24) is 4.57 Å². The number of hydrogen-bond acceptors (Lipinski definition) is 3. The van der Waals surface area contributed by atoms with Crippen molar-refractivity contribution in [3.8, 4) is 0 Å². The van der Waals surface area contributed by atoms with E-state index in [4.69, 9.17) is 9.31 Å². The van der Waals surface area contributed by atoms with Crippen LogP contribution in [-0.4, -0.2) is 28.8 Å². The van der Waals surface area contributed by atoms with Crippen LogP contribution in [0.15, 0.2) is 54.6 Å². The molecular formula is C22H25BN2O3. The number of aryl methyl sites for hydroxylation is 1. The summed E-state index contributed by atoms with van der Waals surface area (Å²) in [7, 11) is 1.49. The van der Waals surface area contributed by atoms with Gasteiger partial charge in [-0.1, -0.05) is 30.3 Å². The fraction of sp³-hybridized carbons (Fsp3) is 0.318. The first kappa shape index (κ1) is 18.8. The molecule has 0 unspecified atom stereocenters. The highest BCUT2D eigenvalue weighted by atomic mass is 16.7. The van der Waals surface area contributed by atoms with E-state index in [2.05, 4.69) is 5.32 Å². The Labute approximate surface area is 165 Å². The number of nitrogens with one attached hydrogen (secondary N) is 1. The molecule has 144 valence electrons. The zero-order valence-electron chi connectivity index (χ0n) is 16.9. The van der Waals surface area contributed by atoms with Gasteiger partial charge in [0.05, 0.1) is 11.2 Å².